The van der Waals surface area contributed by atoms with Gasteiger partial charge in [-0.25, -0.2) is 5.01 Å². The summed E-state index contributed by atoms with van der Waals surface area (Å²) in [5.41, 5.74) is 12.5. The lowest BCUT2D eigenvalue weighted by Crippen LogP contribution is -2.44. The van der Waals surface area contributed by atoms with Crippen LogP contribution in [-0.2, 0) is 13.0 Å². The summed E-state index contributed by atoms with van der Waals surface area (Å²) in [6.45, 7) is 7.62. The van der Waals surface area contributed by atoms with E-state index >= 15 is 0 Å². The molecule has 4 heterocycles. The topological polar surface area (TPSA) is 102 Å². The fourth-order valence-corrected chi connectivity index (χ4v) is 4.59. The normalized spacial score (nSPS) is 15.8. The number of nitrogens with two attached hydrogens (primary N) is 1. The summed E-state index contributed by atoms with van der Waals surface area (Å²) in [5.74, 6) is 0.794. The number of hydrazone groups is 1. The molecule has 2 aromatic heterocycles. The SMILES string of the molecule is CCn1nccc1CCN1CN2C(N)=NC(c3ccccc3)=C(c3cc(C)nc(C)c3)C2=[N+]1[O-]. The molecule has 2 N–H and O–H groups in total. The van der Waals surface area contributed by atoms with Gasteiger partial charge in [-0.2, -0.15) is 19.8 Å². The predicted octanol–water partition coefficient (Wildman–Crippen LogP) is 2.75. The molecule has 174 valence electrons. The zero-order chi connectivity index (χ0) is 23.8. The second-order valence-corrected chi connectivity index (χ2v) is 8.48. The van der Waals surface area contributed by atoms with Crippen LogP contribution < -0.4 is 5.73 Å². The van der Waals surface area contributed by atoms with Gasteiger partial charge in [0.1, 0.15) is 5.57 Å². The zero-order valence-electron chi connectivity index (χ0n) is 19.6. The van der Waals surface area contributed by atoms with Gasteiger partial charge in [0.15, 0.2) is 6.67 Å². The standard InChI is InChI=1S/C25H28N8O/c1-4-32-21(10-12-27-32)11-13-30-16-31-24(33(30)34)22(20-14-17(2)28-18(3)15-20)23(29-25(31)26)19-8-6-5-7-9-19/h5-10,12,14-15H,4,11,13,16H2,1-3H3,(H2,26,29). The van der Waals surface area contributed by atoms with Crippen molar-refractivity contribution < 1.29 is 4.85 Å². The molecule has 9 heteroatoms. The predicted molar refractivity (Wildman–Crippen MR) is 132 cm³/mol. The molecule has 34 heavy (non-hydrogen) atoms. The van der Waals surface area contributed by atoms with Crippen LogP contribution in [0, 0.1) is 19.1 Å². The Bertz CT molecular complexity index is 1300. The third-order valence-corrected chi connectivity index (χ3v) is 6.11. The van der Waals surface area contributed by atoms with E-state index in [2.05, 4.69) is 17.0 Å². The van der Waals surface area contributed by atoms with Gasteiger partial charge in [-0.05, 0) is 44.5 Å². The minimum absolute atomic E-state index is 0.307. The fourth-order valence-electron chi connectivity index (χ4n) is 4.59. The fraction of sp³-hybridized carbons (Fsp3) is 0.280. The maximum Gasteiger partial charge on any atom is 0.318 e. The van der Waals surface area contributed by atoms with Crippen molar-refractivity contribution in [1.29, 1.82) is 0 Å². The minimum atomic E-state index is 0.307. The Morgan fingerprint density at radius 3 is 2.50 bits per heavy atom. The van der Waals surface area contributed by atoms with Gasteiger partial charge in [0, 0.05) is 41.8 Å². The molecule has 0 fully saturated rings. The summed E-state index contributed by atoms with van der Waals surface area (Å²) in [7, 11) is 0. The second-order valence-electron chi connectivity index (χ2n) is 8.48. The summed E-state index contributed by atoms with van der Waals surface area (Å²) in [6, 6.07) is 15.8. The number of nitrogens with zero attached hydrogens (tertiary/aromatic N) is 7. The van der Waals surface area contributed by atoms with Crippen molar-refractivity contribution in [3.05, 3.63) is 88.1 Å². The number of aliphatic imine (C=N–C) groups is 1. The van der Waals surface area contributed by atoms with Crippen molar-refractivity contribution in [1.82, 2.24) is 24.7 Å². The monoisotopic (exact) mass is 456 g/mol. The Morgan fingerprint density at radius 1 is 1.06 bits per heavy atom. The van der Waals surface area contributed by atoms with Gasteiger partial charge < -0.3 is 10.9 Å². The van der Waals surface area contributed by atoms with Crippen molar-refractivity contribution in [3.63, 3.8) is 0 Å². The molecule has 9 nitrogen and oxygen atoms in total. The van der Waals surface area contributed by atoms with Crippen molar-refractivity contribution >= 4 is 23.1 Å². The number of rotatable bonds is 6. The maximum atomic E-state index is 13.7. The first-order valence-electron chi connectivity index (χ1n) is 11.4. The Balaban J connectivity index is 1.62. The molecule has 5 rings (SSSR count). The summed E-state index contributed by atoms with van der Waals surface area (Å²) < 4.78 is 1.95. The lowest BCUT2D eigenvalue weighted by molar-refractivity contribution is -0.626. The van der Waals surface area contributed by atoms with Crippen LogP contribution in [-0.4, -0.2) is 54.5 Å². The van der Waals surface area contributed by atoms with Gasteiger partial charge in [0.25, 0.3) is 5.96 Å². The van der Waals surface area contributed by atoms with Crippen LogP contribution in [0.15, 0.2) is 59.7 Å². The molecule has 0 radical (unpaired) electrons. The molecule has 0 aliphatic carbocycles. The van der Waals surface area contributed by atoms with Crippen molar-refractivity contribution in [2.45, 2.75) is 33.7 Å². The molecule has 1 aromatic carbocycles. The van der Waals surface area contributed by atoms with Crippen LogP contribution in [0.25, 0.3) is 11.3 Å². The highest BCUT2D eigenvalue weighted by Gasteiger charge is 2.43. The van der Waals surface area contributed by atoms with E-state index in [9.17, 15) is 5.21 Å². The summed E-state index contributed by atoms with van der Waals surface area (Å²) in [6.07, 6.45) is 2.49. The average molecular weight is 457 g/mol. The number of hydrogen-bond donors (Lipinski definition) is 1. The van der Waals surface area contributed by atoms with E-state index in [1.807, 2.05) is 67.1 Å². The molecule has 0 amide bonds. The van der Waals surface area contributed by atoms with Gasteiger partial charge in [-0.15, -0.1) is 0 Å². The van der Waals surface area contributed by atoms with Gasteiger partial charge >= 0.3 is 5.84 Å². The molecular formula is C25H28N8O. The highest BCUT2D eigenvalue weighted by Crippen LogP contribution is 2.35. The van der Waals surface area contributed by atoms with Gasteiger partial charge in [0.05, 0.1) is 12.2 Å². The molecule has 2 aliphatic rings. The first-order valence-corrected chi connectivity index (χ1v) is 11.4. The van der Waals surface area contributed by atoms with E-state index in [-0.39, 0.29) is 0 Å². The van der Waals surface area contributed by atoms with Gasteiger partial charge in [-0.1, -0.05) is 30.3 Å². The number of amidine groups is 1. The smallest absolute Gasteiger partial charge is 0.318 e. The Hall–Kier alpha value is -4.14. The Morgan fingerprint density at radius 2 is 1.79 bits per heavy atom. The summed E-state index contributed by atoms with van der Waals surface area (Å²) in [5, 5.41) is 19.8. The quantitative estimate of drug-likeness (QED) is 0.452. The van der Waals surface area contributed by atoms with Crippen LogP contribution in [0.5, 0.6) is 0 Å². The minimum Gasteiger partial charge on any atom is -0.692 e. The van der Waals surface area contributed by atoms with E-state index in [1.165, 1.54) is 0 Å². The van der Waals surface area contributed by atoms with E-state index in [4.69, 9.17) is 10.7 Å². The first-order chi connectivity index (χ1) is 16.5. The lowest BCUT2D eigenvalue weighted by Gasteiger charge is -2.21. The average Bonchev–Trinajstić information content (AvgIpc) is 3.42. The summed E-state index contributed by atoms with van der Waals surface area (Å²) >= 11 is 0. The lowest BCUT2D eigenvalue weighted by atomic mass is 9.96. The highest BCUT2D eigenvalue weighted by atomic mass is 16.5. The first kappa shape index (κ1) is 21.7. The van der Waals surface area contributed by atoms with E-state index in [0.717, 1.165) is 45.2 Å². The molecule has 0 unspecified atom stereocenters. The number of fused-ring (bicyclic) bond motifs is 1. The van der Waals surface area contributed by atoms with E-state index in [1.54, 1.807) is 16.1 Å². The molecule has 3 aromatic rings. The van der Waals surface area contributed by atoms with Crippen molar-refractivity contribution in [2.75, 3.05) is 13.2 Å². The number of hydrogen-bond acceptors (Lipinski definition) is 7. The van der Waals surface area contributed by atoms with Gasteiger partial charge in [-0.3, -0.25) is 9.67 Å². The van der Waals surface area contributed by atoms with E-state index < -0.39 is 0 Å². The molecule has 0 bridgehead atoms. The third-order valence-electron chi connectivity index (χ3n) is 6.11. The van der Waals surface area contributed by atoms with Crippen molar-refractivity contribution in [3.8, 4) is 0 Å². The number of guanidine groups is 1. The third kappa shape index (κ3) is 3.79. The van der Waals surface area contributed by atoms with Crippen LogP contribution in [0.3, 0.4) is 0 Å². The molecular weight excluding hydrogens is 428 g/mol. The molecule has 0 atom stereocenters. The van der Waals surface area contributed by atoms with Crippen LogP contribution in [0.1, 0.15) is 35.1 Å². The number of pyridine rings is 1. The highest BCUT2D eigenvalue weighted by molar-refractivity contribution is 6.33. The number of benzene rings is 1. The molecule has 0 spiro atoms. The van der Waals surface area contributed by atoms with Crippen LogP contribution in [0.4, 0.5) is 0 Å². The Kier molecular flexibility index (Phi) is 5.53. The maximum absolute atomic E-state index is 13.7. The number of aromatic nitrogens is 3. The molecule has 0 saturated carbocycles. The Labute approximate surface area is 198 Å². The molecule has 0 saturated heterocycles. The molecule has 2 aliphatic heterocycles. The summed E-state index contributed by atoms with van der Waals surface area (Å²) in [4.78, 5) is 12.0. The van der Waals surface area contributed by atoms with Gasteiger partial charge in [0.2, 0.25) is 0 Å². The number of aryl methyl sites for hydroxylation is 3. The van der Waals surface area contributed by atoms with Crippen LogP contribution in [0.2, 0.25) is 0 Å². The second kappa shape index (κ2) is 8.66. The largest absolute Gasteiger partial charge is 0.692 e. The van der Waals surface area contributed by atoms with Crippen LogP contribution >= 0.6 is 0 Å². The van der Waals surface area contributed by atoms with Crippen molar-refractivity contribution in [2.24, 2.45) is 10.7 Å². The zero-order valence-corrected chi connectivity index (χ0v) is 19.6. The number of hydrazine groups is 1. The van der Waals surface area contributed by atoms with E-state index in [0.29, 0.717) is 37.1 Å².